The second kappa shape index (κ2) is 10.5. The number of nitrogens with zero attached hydrogens (tertiary/aromatic N) is 2. The lowest BCUT2D eigenvalue weighted by atomic mass is 9.98. The first kappa shape index (κ1) is 28.4. The molecule has 0 bridgehead atoms. The van der Waals surface area contributed by atoms with Gasteiger partial charge in [-0.05, 0) is 71.4 Å². The molecule has 0 fully saturated rings. The van der Waals surface area contributed by atoms with E-state index in [0.717, 1.165) is 120 Å². The van der Waals surface area contributed by atoms with Crippen LogP contribution in [0, 0.1) is 0 Å². The van der Waals surface area contributed by atoms with E-state index >= 15 is 0 Å². The Labute approximate surface area is 294 Å². The third-order valence-electron chi connectivity index (χ3n) is 10.1. The number of ether oxygens (including phenoxy) is 2. The number of para-hydroxylation sites is 2. The molecule has 0 aliphatic rings. The number of fused-ring (bicyclic) bond motifs is 13. The van der Waals surface area contributed by atoms with Crippen LogP contribution in [0.25, 0.3) is 108 Å². The molecular weight excluding hydrogens is 653 g/mol. The normalized spacial score (nSPS) is 12.1. The Morgan fingerprint density at radius 3 is 1.35 bits per heavy atom. The van der Waals surface area contributed by atoms with Gasteiger partial charge in [0.25, 0.3) is 0 Å². The monoisotopic (exact) mass is 678 g/mol. The highest BCUT2D eigenvalue weighted by molar-refractivity contribution is 7.21. The molecule has 0 saturated carbocycles. The smallest absolute Gasteiger partial charge is 0.136 e. The summed E-state index contributed by atoms with van der Waals surface area (Å²) < 4.78 is 24.1. The average molecular weight is 679 g/mol. The predicted molar refractivity (Wildman–Crippen MR) is 208 cm³/mol. The Balaban J connectivity index is 1.34. The summed E-state index contributed by atoms with van der Waals surface area (Å²) in [7, 11) is 3.38. The van der Waals surface area contributed by atoms with Crippen molar-refractivity contribution in [3.63, 3.8) is 0 Å². The van der Waals surface area contributed by atoms with Crippen LogP contribution >= 0.6 is 11.3 Å². The van der Waals surface area contributed by atoms with Crippen molar-refractivity contribution in [2.75, 3.05) is 14.2 Å². The van der Waals surface area contributed by atoms with Crippen molar-refractivity contribution >= 4 is 98.8 Å². The van der Waals surface area contributed by atoms with Crippen LogP contribution in [0.15, 0.2) is 130 Å². The van der Waals surface area contributed by atoms with Gasteiger partial charge in [-0.1, -0.05) is 60.7 Å². The van der Waals surface area contributed by atoms with Crippen molar-refractivity contribution in [2.24, 2.45) is 0 Å². The summed E-state index contributed by atoms with van der Waals surface area (Å²) in [5.41, 5.74) is 8.87. The van der Waals surface area contributed by atoms with Crippen LogP contribution in [0.2, 0.25) is 0 Å². The number of furan rings is 2. The summed E-state index contributed by atoms with van der Waals surface area (Å²) in [6.07, 6.45) is 0. The summed E-state index contributed by atoms with van der Waals surface area (Å²) in [6.45, 7) is 0. The standard InChI is InChI=1S/C44H26N2O4S/c1-47-23-17-19-25-31(21-23)32-22-24(48-2)18-20-26(32)40-39(25)45-41-42(46-40)44(30-12-8-16-36-38(30)28-10-4-6-14-34(28)50-36)51-43(41)29-11-7-15-35-37(29)27-9-3-5-13-33(27)49-35/h3-22H,1-2H3. The molecule has 0 saturated heterocycles. The number of aromatic nitrogens is 2. The summed E-state index contributed by atoms with van der Waals surface area (Å²) in [5.74, 6) is 1.55. The molecule has 4 heterocycles. The van der Waals surface area contributed by atoms with Crippen LogP contribution in [-0.4, -0.2) is 24.2 Å². The minimum Gasteiger partial charge on any atom is -0.497 e. The minimum absolute atomic E-state index is 0.775. The molecule has 0 N–H and O–H groups in total. The van der Waals surface area contributed by atoms with Crippen LogP contribution in [0.5, 0.6) is 11.5 Å². The van der Waals surface area contributed by atoms with Gasteiger partial charge in [0.05, 0.1) is 35.0 Å². The molecule has 51 heavy (non-hydrogen) atoms. The van der Waals surface area contributed by atoms with Crippen LogP contribution in [0.3, 0.4) is 0 Å². The fraction of sp³-hybridized carbons (Fsp3) is 0.0455. The Hall–Kier alpha value is -6.44. The van der Waals surface area contributed by atoms with E-state index in [1.165, 1.54) is 0 Å². The number of rotatable bonds is 4. The lowest BCUT2D eigenvalue weighted by Gasteiger charge is -2.12. The highest BCUT2D eigenvalue weighted by atomic mass is 32.1. The first-order valence-electron chi connectivity index (χ1n) is 16.7. The van der Waals surface area contributed by atoms with Crippen molar-refractivity contribution in [1.29, 1.82) is 0 Å². The lowest BCUT2D eigenvalue weighted by molar-refractivity contribution is 0.415. The van der Waals surface area contributed by atoms with E-state index in [4.69, 9.17) is 28.3 Å². The summed E-state index contributed by atoms with van der Waals surface area (Å²) in [6, 6.07) is 41.3. The van der Waals surface area contributed by atoms with E-state index in [0.29, 0.717) is 0 Å². The molecule has 0 aliphatic carbocycles. The van der Waals surface area contributed by atoms with Gasteiger partial charge in [0.1, 0.15) is 44.9 Å². The molecule has 0 amide bonds. The maximum atomic E-state index is 6.36. The van der Waals surface area contributed by atoms with Gasteiger partial charge in [0.15, 0.2) is 0 Å². The molecule has 0 unspecified atom stereocenters. The van der Waals surface area contributed by atoms with Crippen molar-refractivity contribution in [1.82, 2.24) is 9.97 Å². The highest BCUT2D eigenvalue weighted by Crippen LogP contribution is 2.50. The van der Waals surface area contributed by atoms with Gasteiger partial charge in [-0.15, -0.1) is 11.3 Å². The molecule has 11 aromatic rings. The molecule has 0 atom stereocenters. The van der Waals surface area contributed by atoms with Crippen LogP contribution in [-0.2, 0) is 0 Å². The molecular formula is C44H26N2O4S. The van der Waals surface area contributed by atoms with Crippen LogP contribution < -0.4 is 9.47 Å². The largest absolute Gasteiger partial charge is 0.497 e. The highest BCUT2D eigenvalue weighted by Gasteiger charge is 2.25. The topological polar surface area (TPSA) is 70.5 Å². The third-order valence-corrected chi connectivity index (χ3v) is 11.3. The maximum absolute atomic E-state index is 6.36. The minimum atomic E-state index is 0.775. The number of benzene rings is 7. The number of hydrogen-bond donors (Lipinski definition) is 0. The van der Waals surface area contributed by atoms with Gasteiger partial charge in [0, 0.05) is 43.4 Å². The summed E-state index contributed by atoms with van der Waals surface area (Å²) >= 11 is 1.72. The first-order chi connectivity index (χ1) is 25.2. The molecule has 4 aromatic heterocycles. The van der Waals surface area contributed by atoms with Crippen molar-refractivity contribution in [3.05, 3.63) is 121 Å². The molecule has 7 aromatic carbocycles. The van der Waals surface area contributed by atoms with Gasteiger partial charge < -0.3 is 18.3 Å². The zero-order chi connectivity index (χ0) is 33.8. The summed E-state index contributed by atoms with van der Waals surface area (Å²) in [4.78, 5) is 13.3. The van der Waals surface area contributed by atoms with Crippen molar-refractivity contribution in [3.8, 4) is 32.4 Å². The zero-order valence-electron chi connectivity index (χ0n) is 27.5. The predicted octanol–water partition coefficient (Wildman–Crippen LogP) is 12.3. The molecule has 0 radical (unpaired) electrons. The average Bonchev–Trinajstić information content (AvgIpc) is 3.88. The summed E-state index contributed by atoms with van der Waals surface area (Å²) in [5, 5.41) is 8.32. The second-order valence-corrected chi connectivity index (χ2v) is 13.8. The Bertz CT molecular complexity index is 3030. The van der Waals surface area contributed by atoms with Crippen LogP contribution in [0.4, 0.5) is 0 Å². The SMILES string of the molecule is COc1ccc2c(c1)c1cc(OC)ccc1c1nc3c(-c4cccc5oc6ccccc6c45)sc(-c4cccc5oc6ccccc6c45)c3nc21. The van der Waals surface area contributed by atoms with E-state index in [-0.39, 0.29) is 0 Å². The Morgan fingerprint density at radius 2 is 0.882 bits per heavy atom. The van der Waals surface area contributed by atoms with E-state index in [9.17, 15) is 0 Å². The molecule has 7 heteroatoms. The number of thiophene rings is 1. The third kappa shape index (κ3) is 3.98. The zero-order valence-corrected chi connectivity index (χ0v) is 28.3. The second-order valence-electron chi connectivity index (χ2n) is 12.8. The number of hydrogen-bond acceptors (Lipinski definition) is 7. The van der Waals surface area contributed by atoms with Crippen molar-refractivity contribution in [2.45, 2.75) is 0 Å². The first-order valence-corrected chi connectivity index (χ1v) is 17.5. The quantitative estimate of drug-likeness (QED) is 0.173. The lowest BCUT2D eigenvalue weighted by Crippen LogP contribution is -1.93. The fourth-order valence-corrected chi connectivity index (χ4v) is 9.02. The fourth-order valence-electron chi connectivity index (χ4n) is 7.78. The molecule has 242 valence electrons. The molecule has 0 spiro atoms. The number of methoxy groups -OCH3 is 2. The Kier molecular flexibility index (Phi) is 5.86. The van der Waals surface area contributed by atoms with Gasteiger partial charge in [-0.3, -0.25) is 0 Å². The van der Waals surface area contributed by atoms with Gasteiger partial charge >= 0.3 is 0 Å². The van der Waals surface area contributed by atoms with Gasteiger partial charge in [-0.25, -0.2) is 9.97 Å². The van der Waals surface area contributed by atoms with E-state index in [1.54, 1.807) is 25.6 Å². The van der Waals surface area contributed by atoms with E-state index in [1.807, 2.05) is 48.5 Å². The van der Waals surface area contributed by atoms with Gasteiger partial charge in [-0.2, -0.15) is 0 Å². The van der Waals surface area contributed by atoms with E-state index in [2.05, 4.69) is 72.8 Å². The van der Waals surface area contributed by atoms with Crippen molar-refractivity contribution < 1.29 is 18.3 Å². The van der Waals surface area contributed by atoms with Crippen LogP contribution in [0.1, 0.15) is 0 Å². The molecule has 11 rings (SSSR count). The van der Waals surface area contributed by atoms with E-state index < -0.39 is 0 Å². The van der Waals surface area contributed by atoms with Gasteiger partial charge in [0.2, 0.25) is 0 Å². The molecule has 6 nitrogen and oxygen atoms in total. The maximum Gasteiger partial charge on any atom is 0.136 e. The molecule has 0 aliphatic heterocycles. The Morgan fingerprint density at radius 1 is 0.431 bits per heavy atom.